The molecule has 0 heterocycles. The molecule has 0 bridgehead atoms. The van der Waals surface area contributed by atoms with Crippen molar-refractivity contribution in [1.29, 1.82) is 0 Å². The standard InChI is InChI=1S/C25H30N2O6S/c1-17-12-14-25(15-13-17,24(30)33-3)27-23(29)21-6-4-19(5-7-21)16-26-34(31,32)22-10-8-20(9-11-22)18(2)28/h4-11,17,26H,12-16H2,1-3H3,(H,27,29). The molecule has 1 fully saturated rings. The van der Waals surface area contributed by atoms with Gasteiger partial charge in [0.05, 0.1) is 12.0 Å². The predicted octanol–water partition coefficient (Wildman–Crippen LogP) is 3.22. The predicted molar refractivity (Wildman–Crippen MR) is 127 cm³/mol. The van der Waals surface area contributed by atoms with Gasteiger partial charge in [0.2, 0.25) is 10.0 Å². The molecular weight excluding hydrogens is 456 g/mol. The number of benzene rings is 2. The smallest absolute Gasteiger partial charge is 0.331 e. The zero-order chi connectivity index (χ0) is 24.9. The Bertz CT molecular complexity index is 1150. The van der Waals surface area contributed by atoms with Gasteiger partial charge in [0.1, 0.15) is 5.54 Å². The number of rotatable bonds is 8. The number of ketones is 1. The number of hydrogen-bond donors (Lipinski definition) is 2. The van der Waals surface area contributed by atoms with Gasteiger partial charge >= 0.3 is 5.97 Å². The van der Waals surface area contributed by atoms with E-state index in [2.05, 4.69) is 17.0 Å². The molecule has 8 nitrogen and oxygen atoms in total. The highest BCUT2D eigenvalue weighted by Crippen LogP contribution is 2.33. The van der Waals surface area contributed by atoms with Gasteiger partial charge in [-0.15, -0.1) is 0 Å². The molecule has 0 saturated heterocycles. The molecule has 34 heavy (non-hydrogen) atoms. The first-order valence-electron chi connectivity index (χ1n) is 11.2. The Labute approximate surface area is 200 Å². The number of ether oxygens (including phenoxy) is 1. The summed E-state index contributed by atoms with van der Waals surface area (Å²) in [6.45, 7) is 3.57. The van der Waals surface area contributed by atoms with E-state index in [9.17, 15) is 22.8 Å². The molecule has 0 atom stereocenters. The molecule has 1 amide bonds. The molecule has 1 saturated carbocycles. The molecule has 2 N–H and O–H groups in total. The van der Waals surface area contributed by atoms with E-state index < -0.39 is 21.5 Å². The minimum absolute atomic E-state index is 0.0304. The monoisotopic (exact) mass is 486 g/mol. The van der Waals surface area contributed by atoms with Crippen molar-refractivity contribution in [2.45, 2.75) is 56.5 Å². The summed E-state index contributed by atoms with van der Waals surface area (Å²) >= 11 is 0. The van der Waals surface area contributed by atoms with Crippen molar-refractivity contribution in [3.8, 4) is 0 Å². The molecule has 0 radical (unpaired) electrons. The summed E-state index contributed by atoms with van der Waals surface area (Å²) in [6.07, 6.45) is 2.71. The van der Waals surface area contributed by atoms with E-state index in [1.165, 1.54) is 38.3 Å². The first kappa shape index (κ1) is 25.6. The molecule has 2 aromatic carbocycles. The highest BCUT2D eigenvalue weighted by Gasteiger charge is 2.43. The molecule has 0 spiro atoms. The molecule has 2 aromatic rings. The SMILES string of the molecule is COC(=O)C1(NC(=O)c2ccc(CNS(=O)(=O)c3ccc(C(C)=O)cc3)cc2)CCC(C)CC1. The number of hydrogen-bond acceptors (Lipinski definition) is 6. The van der Waals surface area contributed by atoms with Crippen LogP contribution in [-0.2, 0) is 26.1 Å². The van der Waals surface area contributed by atoms with Crippen LogP contribution in [0.3, 0.4) is 0 Å². The molecule has 0 aromatic heterocycles. The third kappa shape index (κ3) is 5.90. The van der Waals surface area contributed by atoms with Crippen molar-refractivity contribution in [1.82, 2.24) is 10.0 Å². The number of carbonyl (C=O) groups is 3. The van der Waals surface area contributed by atoms with Crippen molar-refractivity contribution >= 4 is 27.7 Å². The topological polar surface area (TPSA) is 119 Å². The van der Waals surface area contributed by atoms with Crippen LogP contribution in [0.5, 0.6) is 0 Å². The Kier molecular flexibility index (Phi) is 7.89. The van der Waals surface area contributed by atoms with Gasteiger partial charge in [-0.3, -0.25) is 9.59 Å². The van der Waals surface area contributed by atoms with Crippen molar-refractivity contribution < 1.29 is 27.5 Å². The van der Waals surface area contributed by atoms with Gasteiger partial charge in [-0.25, -0.2) is 17.9 Å². The van der Waals surface area contributed by atoms with Crippen LogP contribution in [0.25, 0.3) is 0 Å². The molecule has 1 aliphatic rings. The van der Waals surface area contributed by atoms with Gasteiger partial charge in [-0.1, -0.05) is 31.2 Å². The van der Waals surface area contributed by atoms with Crippen LogP contribution in [0, 0.1) is 5.92 Å². The summed E-state index contributed by atoms with van der Waals surface area (Å²) in [7, 11) is -2.44. The summed E-state index contributed by atoms with van der Waals surface area (Å²) in [5.74, 6) is -0.464. The molecule has 0 aliphatic heterocycles. The molecule has 0 unspecified atom stereocenters. The zero-order valence-electron chi connectivity index (χ0n) is 19.6. The normalized spacial score (nSPS) is 20.4. The number of esters is 1. The lowest BCUT2D eigenvalue weighted by molar-refractivity contribution is -0.150. The Morgan fingerprint density at radius 3 is 2.06 bits per heavy atom. The van der Waals surface area contributed by atoms with Crippen LogP contribution in [-0.4, -0.2) is 38.7 Å². The lowest BCUT2D eigenvalue weighted by Crippen LogP contribution is -2.56. The van der Waals surface area contributed by atoms with Crippen LogP contribution < -0.4 is 10.0 Å². The van der Waals surface area contributed by atoms with Crippen molar-refractivity contribution in [2.75, 3.05) is 7.11 Å². The number of sulfonamides is 1. The fraction of sp³-hybridized carbons (Fsp3) is 0.400. The van der Waals surface area contributed by atoms with E-state index in [1.807, 2.05) is 0 Å². The number of Topliss-reactive ketones (excluding diaryl/α,β-unsaturated/α-hetero) is 1. The largest absolute Gasteiger partial charge is 0.467 e. The van der Waals surface area contributed by atoms with Gasteiger partial charge < -0.3 is 10.1 Å². The Morgan fingerprint density at radius 1 is 0.971 bits per heavy atom. The second kappa shape index (κ2) is 10.5. The average Bonchev–Trinajstić information content (AvgIpc) is 2.84. The minimum Gasteiger partial charge on any atom is -0.467 e. The molecule has 182 valence electrons. The average molecular weight is 487 g/mol. The van der Waals surface area contributed by atoms with E-state index in [4.69, 9.17) is 4.74 Å². The van der Waals surface area contributed by atoms with Crippen LogP contribution in [0.15, 0.2) is 53.4 Å². The van der Waals surface area contributed by atoms with Crippen molar-refractivity contribution in [3.05, 3.63) is 65.2 Å². The fourth-order valence-corrected chi connectivity index (χ4v) is 5.04. The van der Waals surface area contributed by atoms with Gasteiger partial charge in [0, 0.05) is 17.7 Å². The second-order valence-corrected chi connectivity index (χ2v) is 10.6. The summed E-state index contributed by atoms with van der Waals surface area (Å²) in [4.78, 5) is 36.7. The maximum absolute atomic E-state index is 12.9. The van der Waals surface area contributed by atoms with Crippen LogP contribution >= 0.6 is 0 Å². The van der Waals surface area contributed by atoms with Gasteiger partial charge in [0.15, 0.2) is 5.78 Å². The Hall–Kier alpha value is -3.04. The van der Waals surface area contributed by atoms with Crippen LogP contribution in [0.1, 0.15) is 65.8 Å². The van der Waals surface area contributed by atoms with E-state index >= 15 is 0 Å². The summed E-state index contributed by atoms with van der Waals surface area (Å²) in [5.41, 5.74) is 0.442. The van der Waals surface area contributed by atoms with E-state index in [-0.39, 0.29) is 23.1 Å². The zero-order valence-corrected chi connectivity index (χ0v) is 20.4. The number of carbonyl (C=O) groups excluding carboxylic acids is 3. The van der Waals surface area contributed by atoms with Gasteiger partial charge in [-0.2, -0.15) is 0 Å². The Balaban J connectivity index is 1.64. The molecule has 9 heteroatoms. The highest BCUT2D eigenvalue weighted by atomic mass is 32.2. The molecular formula is C25H30N2O6S. The minimum atomic E-state index is -3.76. The fourth-order valence-electron chi connectivity index (χ4n) is 4.02. The summed E-state index contributed by atoms with van der Waals surface area (Å²) in [6, 6.07) is 12.2. The van der Waals surface area contributed by atoms with E-state index in [0.29, 0.717) is 35.4 Å². The number of amides is 1. The lowest BCUT2D eigenvalue weighted by Gasteiger charge is -2.37. The number of nitrogens with one attached hydrogen (secondary N) is 2. The maximum atomic E-state index is 12.9. The second-order valence-electron chi connectivity index (χ2n) is 8.81. The van der Waals surface area contributed by atoms with Gasteiger partial charge in [-0.05, 0) is 68.4 Å². The lowest BCUT2D eigenvalue weighted by atomic mass is 9.77. The first-order chi connectivity index (χ1) is 16.1. The summed E-state index contributed by atoms with van der Waals surface area (Å²) in [5, 5.41) is 2.88. The summed E-state index contributed by atoms with van der Waals surface area (Å²) < 4.78 is 32.5. The van der Waals surface area contributed by atoms with E-state index in [1.54, 1.807) is 24.3 Å². The maximum Gasteiger partial charge on any atom is 0.331 e. The third-order valence-corrected chi connectivity index (χ3v) is 7.73. The van der Waals surface area contributed by atoms with Crippen molar-refractivity contribution in [2.24, 2.45) is 5.92 Å². The third-order valence-electron chi connectivity index (χ3n) is 6.31. The molecule has 1 aliphatic carbocycles. The van der Waals surface area contributed by atoms with Crippen LogP contribution in [0.2, 0.25) is 0 Å². The van der Waals surface area contributed by atoms with Crippen LogP contribution in [0.4, 0.5) is 0 Å². The Morgan fingerprint density at radius 2 is 1.53 bits per heavy atom. The van der Waals surface area contributed by atoms with Gasteiger partial charge in [0.25, 0.3) is 5.91 Å². The van der Waals surface area contributed by atoms with Crippen molar-refractivity contribution in [3.63, 3.8) is 0 Å². The highest BCUT2D eigenvalue weighted by molar-refractivity contribution is 7.89. The molecule has 3 rings (SSSR count). The van der Waals surface area contributed by atoms with E-state index in [0.717, 1.165) is 12.8 Å². The quantitative estimate of drug-likeness (QED) is 0.437. The first-order valence-corrected chi connectivity index (χ1v) is 12.7. The number of methoxy groups -OCH3 is 1.